The molecular weight excluding hydrogens is 266 g/mol. The van der Waals surface area contributed by atoms with Crippen LogP contribution in [0, 0.1) is 0 Å². The minimum atomic E-state index is 0.175. The first-order chi connectivity index (χ1) is 9.65. The fourth-order valence-corrected chi connectivity index (χ4v) is 3.64. The van der Waals surface area contributed by atoms with Gasteiger partial charge in [-0.3, -0.25) is 4.98 Å². The lowest BCUT2D eigenvalue weighted by Gasteiger charge is -2.35. The van der Waals surface area contributed by atoms with E-state index < -0.39 is 0 Å². The van der Waals surface area contributed by atoms with E-state index in [1.54, 1.807) is 0 Å². The average molecular weight is 287 g/mol. The molecule has 4 heteroatoms. The summed E-state index contributed by atoms with van der Waals surface area (Å²) in [6, 6.07) is 8.70. The summed E-state index contributed by atoms with van der Waals surface area (Å²) in [5, 5.41) is 5.98. The van der Waals surface area contributed by atoms with Crippen molar-refractivity contribution in [1.29, 1.82) is 0 Å². The first-order valence-electron chi connectivity index (χ1n) is 7.15. The molecule has 3 rings (SSSR count). The van der Waals surface area contributed by atoms with Crippen LogP contribution in [0.4, 0.5) is 0 Å². The van der Waals surface area contributed by atoms with Gasteiger partial charge in [-0.25, -0.2) is 4.31 Å². The second-order valence-corrected chi connectivity index (χ2v) is 7.02. The molecule has 1 aliphatic heterocycles. The molecule has 0 atom stereocenters. The fraction of sp³-hybridized carbons (Fsp3) is 0.438. The third-order valence-electron chi connectivity index (χ3n) is 3.78. The summed E-state index contributed by atoms with van der Waals surface area (Å²) < 4.78 is 2.51. The second-order valence-electron chi connectivity index (χ2n) is 5.92. The Morgan fingerprint density at radius 1 is 1.25 bits per heavy atom. The maximum Gasteiger partial charge on any atom is 0.0384 e. The van der Waals surface area contributed by atoms with Gasteiger partial charge < -0.3 is 5.32 Å². The van der Waals surface area contributed by atoms with E-state index in [2.05, 4.69) is 52.7 Å². The van der Waals surface area contributed by atoms with E-state index in [0.717, 1.165) is 19.6 Å². The smallest absolute Gasteiger partial charge is 0.0384 e. The van der Waals surface area contributed by atoms with E-state index in [-0.39, 0.29) is 5.54 Å². The molecule has 0 saturated carbocycles. The van der Waals surface area contributed by atoms with Crippen LogP contribution in [0.1, 0.15) is 20.3 Å². The zero-order valence-electron chi connectivity index (χ0n) is 12.1. The van der Waals surface area contributed by atoms with Gasteiger partial charge in [0, 0.05) is 41.3 Å². The molecule has 0 unspecified atom stereocenters. The van der Waals surface area contributed by atoms with E-state index in [4.69, 9.17) is 0 Å². The van der Waals surface area contributed by atoms with Crippen LogP contribution >= 0.6 is 11.9 Å². The zero-order valence-corrected chi connectivity index (χ0v) is 12.9. The van der Waals surface area contributed by atoms with Crippen molar-refractivity contribution in [2.75, 3.05) is 19.6 Å². The lowest BCUT2D eigenvalue weighted by Crippen LogP contribution is -2.44. The number of nitrogens with zero attached hydrogens (tertiary/aromatic N) is 2. The normalized spacial score (nSPS) is 19.9. The van der Waals surface area contributed by atoms with Gasteiger partial charge in [-0.05, 0) is 62.3 Å². The van der Waals surface area contributed by atoms with Crippen LogP contribution in [0.3, 0.4) is 0 Å². The molecule has 20 heavy (non-hydrogen) atoms. The Morgan fingerprint density at radius 3 is 3.05 bits per heavy atom. The summed E-state index contributed by atoms with van der Waals surface area (Å²) in [7, 11) is 0. The zero-order chi connectivity index (χ0) is 14.0. The Balaban J connectivity index is 1.84. The molecule has 0 bridgehead atoms. The predicted molar refractivity (Wildman–Crippen MR) is 85.9 cm³/mol. The first kappa shape index (κ1) is 13.9. The van der Waals surface area contributed by atoms with Gasteiger partial charge in [-0.2, -0.15) is 0 Å². The van der Waals surface area contributed by atoms with Crippen LogP contribution in [-0.2, 0) is 0 Å². The van der Waals surface area contributed by atoms with Gasteiger partial charge in [0.1, 0.15) is 0 Å². The van der Waals surface area contributed by atoms with Gasteiger partial charge in [0.05, 0.1) is 0 Å². The van der Waals surface area contributed by atoms with E-state index in [9.17, 15) is 0 Å². The molecule has 1 aliphatic rings. The first-order valence-corrected chi connectivity index (χ1v) is 7.93. The number of pyridine rings is 1. The van der Waals surface area contributed by atoms with E-state index in [1.165, 1.54) is 22.1 Å². The summed E-state index contributed by atoms with van der Waals surface area (Å²) in [6.07, 6.45) is 4.98. The molecule has 1 saturated heterocycles. The van der Waals surface area contributed by atoms with E-state index >= 15 is 0 Å². The highest BCUT2D eigenvalue weighted by Gasteiger charge is 2.29. The number of fused-ring (bicyclic) bond motifs is 1. The van der Waals surface area contributed by atoms with Crippen molar-refractivity contribution in [3.8, 4) is 0 Å². The Labute approximate surface area is 124 Å². The highest BCUT2D eigenvalue weighted by atomic mass is 32.2. The third kappa shape index (κ3) is 2.97. The molecule has 2 aromatic rings. The molecule has 0 radical (unpaired) electrons. The number of aromatic nitrogens is 1. The standard InChI is InChI=1S/C16H21N3S/c1-16(2)12-18-7-3-9-19(16)20-15-5-4-14-11-17-8-6-13(14)10-15/h4-6,8,10-11,18H,3,7,9,12H2,1-2H3. The van der Waals surface area contributed by atoms with Crippen molar-refractivity contribution in [1.82, 2.24) is 14.6 Å². The molecule has 1 aromatic heterocycles. The van der Waals surface area contributed by atoms with Crippen molar-refractivity contribution in [3.63, 3.8) is 0 Å². The van der Waals surface area contributed by atoms with Crippen LogP contribution in [0.5, 0.6) is 0 Å². The monoisotopic (exact) mass is 287 g/mol. The highest BCUT2D eigenvalue weighted by Crippen LogP contribution is 2.32. The number of hydrogen-bond acceptors (Lipinski definition) is 4. The SMILES string of the molecule is CC1(C)CNCCCN1Sc1ccc2cnccc2c1. The van der Waals surface area contributed by atoms with Crippen molar-refractivity contribution in [3.05, 3.63) is 36.7 Å². The Hall–Kier alpha value is -1.10. The summed E-state index contributed by atoms with van der Waals surface area (Å²) in [4.78, 5) is 5.47. The molecule has 0 amide bonds. The molecule has 0 aliphatic carbocycles. The van der Waals surface area contributed by atoms with Gasteiger partial charge in [-0.1, -0.05) is 6.07 Å². The molecule has 106 valence electrons. The van der Waals surface area contributed by atoms with Crippen molar-refractivity contribution >= 4 is 22.7 Å². The summed E-state index contributed by atoms with van der Waals surface area (Å²) in [5.74, 6) is 0. The van der Waals surface area contributed by atoms with Crippen molar-refractivity contribution in [2.45, 2.75) is 30.7 Å². The maximum atomic E-state index is 4.17. The third-order valence-corrected chi connectivity index (χ3v) is 5.14. The van der Waals surface area contributed by atoms with Crippen LogP contribution in [-0.4, -0.2) is 34.5 Å². The van der Waals surface area contributed by atoms with Crippen LogP contribution in [0.2, 0.25) is 0 Å². The van der Waals surface area contributed by atoms with Crippen LogP contribution in [0.15, 0.2) is 41.6 Å². The Morgan fingerprint density at radius 2 is 2.15 bits per heavy atom. The van der Waals surface area contributed by atoms with Gasteiger partial charge in [0.25, 0.3) is 0 Å². The molecule has 2 heterocycles. The average Bonchev–Trinajstić information content (AvgIpc) is 2.60. The van der Waals surface area contributed by atoms with E-state index in [1.807, 2.05) is 24.3 Å². The van der Waals surface area contributed by atoms with Crippen LogP contribution < -0.4 is 5.32 Å². The highest BCUT2D eigenvalue weighted by molar-refractivity contribution is 7.97. The molecule has 1 N–H and O–H groups in total. The minimum absolute atomic E-state index is 0.175. The molecular formula is C16H21N3S. The molecule has 3 nitrogen and oxygen atoms in total. The van der Waals surface area contributed by atoms with Gasteiger partial charge in [0.2, 0.25) is 0 Å². The predicted octanol–water partition coefficient (Wildman–Crippen LogP) is 3.32. The number of benzene rings is 1. The Bertz CT molecular complexity index is 597. The second kappa shape index (κ2) is 5.72. The quantitative estimate of drug-likeness (QED) is 0.858. The lowest BCUT2D eigenvalue weighted by molar-refractivity contribution is 0.265. The minimum Gasteiger partial charge on any atom is -0.315 e. The number of hydrogen-bond donors (Lipinski definition) is 1. The summed E-state index contributed by atoms with van der Waals surface area (Å²) in [5.41, 5.74) is 0.175. The van der Waals surface area contributed by atoms with Gasteiger partial charge >= 0.3 is 0 Å². The summed E-state index contributed by atoms with van der Waals surface area (Å²) >= 11 is 1.87. The van der Waals surface area contributed by atoms with Crippen molar-refractivity contribution in [2.24, 2.45) is 0 Å². The lowest BCUT2D eigenvalue weighted by atomic mass is 10.1. The Kier molecular flexibility index (Phi) is 3.96. The van der Waals surface area contributed by atoms with E-state index in [0.29, 0.717) is 0 Å². The topological polar surface area (TPSA) is 28.2 Å². The van der Waals surface area contributed by atoms with Gasteiger partial charge in [0.15, 0.2) is 0 Å². The summed E-state index contributed by atoms with van der Waals surface area (Å²) in [6.45, 7) is 7.90. The molecule has 1 fully saturated rings. The van der Waals surface area contributed by atoms with Gasteiger partial charge in [-0.15, -0.1) is 0 Å². The number of nitrogens with one attached hydrogen (secondary N) is 1. The van der Waals surface area contributed by atoms with Crippen LogP contribution in [0.25, 0.3) is 10.8 Å². The number of rotatable bonds is 2. The fourth-order valence-electron chi connectivity index (χ4n) is 2.55. The largest absolute Gasteiger partial charge is 0.315 e. The maximum absolute atomic E-state index is 4.17. The van der Waals surface area contributed by atoms with Crippen molar-refractivity contribution < 1.29 is 0 Å². The molecule has 0 spiro atoms. The molecule has 1 aromatic carbocycles.